The van der Waals surface area contributed by atoms with Crippen LogP contribution in [0.3, 0.4) is 0 Å². The van der Waals surface area contributed by atoms with Gasteiger partial charge >= 0.3 is 0 Å². The lowest BCUT2D eigenvalue weighted by atomic mass is 9.96. The summed E-state index contributed by atoms with van der Waals surface area (Å²) in [4.78, 5) is 0. The van der Waals surface area contributed by atoms with Crippen molar-refractivity contribution in [3.63, 3.8) is 0 Å². The summed E-state index contributed by atoms with van der Waals surface area (Å²) in [5.41, 5.74) is 0. The molecule has 3 nitrogen and oxygen atoms in total. The van der Waals surface area contributed by atoms with Crippen LogP contribution in [-0.4, -0.2) is 33.0 Å². The zero-order valence-corrected chi connectivity index (χ0v) is 9.94. The minimum atomic E-state index is -2.89. The van der Waals surface area contributed by atoms with E-state index in [0.29, 0.717) is 0 Å². The second-order valence-electron chi connectivity index (χ2n) is 4.25. The molecule has 2 unspecified atom stereocenters. The Bertz CT molecular complexity index is 261. The molecule has 0 aromatic rings. The van der Waals surface area contributed by atoms with Gasteiger partial charge in [-0.25, -0.2) is 8.42 Å². The van der Waals surface area contributed by atoms with E-state index >= 15 is 0 Å². The number of hydrogen-bond acceptors (Lipinski definition) is 3. The van der Waals surface area contributed by atoms with Crippen molar-refractivity contribution in [1.82, 2.24) is 5.32 Å². The largest absolute Gasteiger partial charge is 0.316 e. The Kier molecular flexibility index (Phi) is 4.38. The van der Waals surface area contributed by atoms with E-state index in [1.807, 2.05) is 7.05 Å². The van der Waals surface area contributed by atoms with E-state index in [0.717, 1.165) is 25.7 Å². The molecule has 1 rings (SSSR count). The fourth-order valence-corrected chi connectivity index (χ4v) is 3.76. The van der Waals surface area contributed by atoms with E-state index in [9.17, 15) is 8.42 Å². The van der Waals surface area contributed by atoms with Gasteiger partial charge in [0.05, 0.1) is 5.25 Å². The van der Waals surface area contributed by atoms with Gasteiger partial charge in [0, 0.05) is 12.3 Å². The van der Waals surface area contributed by atoms with Crippen LogP contribution < -0.4 is 5.32 Å². The van der Waals surface area contributed by atoms with Gasteiger partial charge in [-0.15, -0.1) is 0 Å². The first-order valence-corrected chi connectivity index (χ1v) is 7.37. The molecule has 1 fully saturated rings. The van der Waals surface area contributed by atoms with Crippen LogP contribution >= 0.6 is 0 Å². The molecule has 84 valence electrons. The Hall–Kier alpha value is -0.0900. The summed E-state index contributed by atoms with van der Waals surface area (Å²) >= 11 is 0. The van der Waals surface area contributed by atoms with Crippen molar-refractivity contribution in [3.8, 4) is 0 Å². The standard InChI is InChI=1S/C10H21NO2S/c1-11-9-7-5-3-4-6-8-10(9)14(2,12)13/h9-11H,3-8H2,1-2H3. The molecule has 0 aliphatic heterocycles. The highest BCUT2D eigenvalue weighted by Gasteiger charge is 2.29. The number of nitrogens with one attached hydrogen (secondary N) is 1. The molecule has 0 spiro atoms. The molecule has 0 heterocycles. The van der Waals surface area contributed by atoms with Gasteiger partial charge < -0.3 is 5.32 Å². The minimum absolute atomic E-state index is 0.158. The molecule has 0 bridgehead atoms. The molecular weight excluding hydrogens is 198 g/mol. The van der Waals surface area contributed by atoms with Crippen LogP contribution in [0.1, 0.15) is 38.5 Å². The van der Waals surface area contributed by atoms with Gasteiger partial charge in [0.25, 0.3) is 0 Å². The summed E-state index contributed by atoms with van der Waals surface area (Å²) < 4.78 is 23.2. The van der Waals surface area contributed by atoms with Crippen molar-refractivity contribution in [3.05, 3.63) is 0 Å². The van der Waals surface area contributed by atoms with Crippen LogP contribution in [-0.2, 0) is 9.84 Å². The zero-order valence-electron chi connectivity index (χ0n) is 9.12. The van der Waals surface area contributed by atoms with Crippen molar-refractivity contribution in [2.75, 3.05) is 13.3 Å². The van der Waals surface area contributed by atoms with E-state index in [4.69, 9.17) is 0 Å². The average Bonchev–Trinajstić information content (AvgIpc) is 2.01. The summed E-state index contributed by atoms with van der Waals surface area (Å²) in [6, 6.07) is 0.158. The summed E-state index contributed by atoms with van der Waals surface area (Å²) in [6.45, 7) is 0. The van der Waals surface area contributed by atoms with Crippen LogP contribution in [0.5, 0.6) is 0 Å². The summed E-state index contributed by atoms with van der Waals surface area (Å²) in [5.74, 6) is 0. The van der Waals surface area contributed by atoms with Crippen LogP contribution in [0, 0.1) is 0 Å². The molecule has 0 radical (unpaired) electrons. The molecule has 1 aliphatic carbocycles. The SMILES string of the molecule is CNC1CCCCCCC1S(C)(=O)=O. The predicted octanol–water partition coefficient (Wildman–Crippen LogP) is 1.34. The maximum atomic E-state index is 11.6. The molecule has 4 heteroatoms. The van der Waals surface area contributed by atoms with E-state index < -0.39 is 9.84 Å². The molecule has 2 atom stereocenters. The Morgan fingerprint density at radius 1 is 1.07 bits per heavy atom. The van der Waals surface area contributed by atoms with Gasteiger partial charge in [-0.2, -0.15) is 0 Å². The van der Waals surface area contributed by atoms with Gasteiger partial charge in [0.2, 0.25) is 0 Å². The Balaban J connectivity index is 2.73. The number of rotatable bonds is 2. The third-order valence-electron chi connectivity index (χ3n) is 3.12. The molecule has 1 saturated carbocycles. The molecule has 0 aromatic heterocycles. The monoisotopic (exact) mass is 219 g/mol. The zero-order chi connectivity index (χ0) is 10.6. The van der Waals surface area contributed by atoms with E-state index in [1.54, 1.807) is 0 Å². The first-order chi connectivity index (χ1) is 6.55. The summed E-state index contributed by atoms with van der Waals surface area (Å²) in [5, 5.41) is 2.98. The highest BCUT2D eigenvalue weighted by atomic mass is 32.2. The number of hydrogen-bond donors (Lipinski definition) is 1. The maximum absolute atomic E-state index is 11.6. The lowest BCUT2D eigenvalue weighted by molar-refractivity contribution is 0.406. The quantitative estimate of drug-likeness (QED) is 0.762. The summed E-state index contributed by atoms with van der Waals surface area (Å²) in [7, 11) is -1.02. The van der Waals surface area contributed by atoms with Crippen molar-refractivity contribution >= 4 is 9.84 Å². The molecule has 14 heavy (non-hydrogen) atoms. The highest BCUT2D eigenvalue weighted by Crippen LogP contribution is 2.22. The summed E-state index contributed by atoms with van der Waals surface area (Å²) in [6.07, 6.45) is 7.81. The van der Waals surface area contributed by atoms with E-state index in [-0.39, 0.29) is 11.3 Å². The second-order valence-corrected chi connectivity index (χ2v) is 6.52. The normalized spacial score (nSPS) is 30.7. The van der Waals surface area contributed by atoms with Crippen molar-refractivity contribution in [2.45, 2.75) is 49.8 Å². The molecule has 0 aromatic carbocycles. The Morgan fingerprint density at radius 2 is 1.64 bits per heavy atom. The third-order valence-corrected chi connectivity index (χ3v) is 4.79. The van der Waals surface area contributed by atoms with Gasteiger partial charge in [-0.05, 0) is 19.9 Å². The smallest absolute Gasteiger partial charge is 0.151 e. The molecule has 1 N–H and O–H groups in total. The lowest BCUT2D eigenvalue weighted by Crippen LogP contribution is -2.42. The predicted molar refractivity (Wildman–Crippen MR) is 59.2 cm³/mol. The van der Waals surface area contributed by atoms with Crippen LogP contribution in [0.4, 0.5) is 0 Å². The molecule has 0 amide bonds. The molecule has 1 aliphatic rings. The fraction of sp³-hybridized carbons (Fsp3) is 1.00. The topological polar surface area (TPSA) is 46.2 Å². The van der Waals surface area contributed by atoms with Crippen LogP contribution in [0.15, 0.2) is 0 Å². The maximum Gasteiger partial charge on any atom is 0.151 e. The second kappa shape index (κ2) is 5.12. The van der Waals surface area contributed by atoms with Gasteiger partial charge in [-0.1, -0.05) is 25.7 Å². The average molecular weight is 219 g/mol. The first-order valence-electron chi connectivity index (χ1n) is 5.42. The fourth-order valence-electron chi connectivity index (χ4n) is 2.29. The van der Waals surface area contributed by atoms with Crippen LogP contribution in [0.2, 0.25) is 0 Å². The number of sulfone groups is 1. The van der Waals surface area contributed by atoms with Crippen molar-refractivity contribution in [1.29, 1.82) is 0 Å². The Labute approximate surface area is 87.2 Å². The van der Waals surface area contributed by atoms with E-state index in [1.165, 1.54) is 19.1 Å². The molecular formula is C10H21NO2S. The first kappa shape index (κ1) is 12.0. The van der Waals surface area contributed by atoms with Crippen molar-refractivity contribution < 1.29 is 8.42 Å². The van der Waals surface area contributed by atoms with Gasteiger partial charge in [-0.3, -0.25) is 0 Å². The van der Waals surface area contributed by atoms with Gasteiger partial charge in [0.15, 0.2) is 9.84 Å². The van der Waals surface area contributed by atoms with Gasteiger partial charge in [0.1, 0.15) is 0 Å². The Morgan fingerprint density at radius 3 is 2.14 bits per heavy atom. The minimum Gasteiger partial charge on any atom is -0.316 e. The third kappa shape index (κ3) is 3.24. The highest BCUT2D eigenvalue weighted by molar-refractivity contribution is 7.91. The lowest BCUT2D eigenvalue weighted by Gasteiger charge is -2.27. The van der Waals surface area contributed by atoms with E-state index in [2.05, 4.69) is 5.32 Å². The van der Waals surface area contributed by atoms with Crippen molar-refractivity contribution in [2.24, 2.45) is 0 Å². The van der Waals surface area contributed by atoms with Crippen LogP contribution in [0.25, 0.3) is 0 Å². The molecule has 0 saturated heterocycles.